The van der Waals surface area contributed by atoms with Crippen molar-refractivity contribution in [1.82, 2.24) is 10.2 Å². The third-order valence-electron chi connectivity index (χ3n) is 5.23. The molecule has 4 rings (SSSR count). The highest BCUT2D eigenvalue weighted by molar-refractivity contribution is 5.82. The number of aryl methyl sites for hydroxylation is 1. The van der Waals surface area contributed by atoms with E-state index in [0.717, 1.165) is 43.7 Å². The number of nitrogens with zero attached hydrogens (tertiary/aromatic N) is 1. The molecule has 0 spiro atoms. The number of hydrogen-bond acceptors (Lipinski definition) is 3. The molecule has 1 amide bonds. The number of fused-ring (bicyclic) bond motifs is 2. The van der Waals surface area contributed by atoms with Gasteiger partial charge in [0.1, 0.15) is 5.75 Å². The Morgan fingerprint density at radius 1 is 1.20 bits per heavy atom. The van der Waals surface area contributed by atoms with Gasteiger partial charge < -0.3 is 10.1 Å². The molecule has 2 aliphatic heterocycles. The van der Waals surface area contributed by atoms with Gasteiger partial charge in [0.2, 0.25) is 5.91 Å². The second-order valence-electron chi connectivity index (χ2n) is 7.02. The average Bonchev–Trinajstić information content (AvgIpc) is 2.65. The summed E-state index contributed by atoms with van der Waals surface area (Å²) in [6.45, 7) is 2.20. The lowest BCUT2D eigenvalue weighted by Gasteiger charge is -2.33. The fraction of sp³-hybridized carbons (Fsp3) is 0.381. The molecule has 2 heterocycles. The minimum Gasteiger partial charge on any atom is -0.493 e. The van der Waals surface area contributed by atoms with Crippen LogP contribution in [0.1, 0.15) is 28.7 Å². The molecule has 0 aliphatic carbocycles. The highest BCUT2D eigenvalue weighted by Crippen LogP contribution is 2.26. The molecule has 0 fully saturated rings. The predicted molar refractivity (Wildman–Crippen MR) is 97.5 cm³/mol. The fourth-order valence-electron chi connectivity index (χ4n) is 3.78. The normalized spacial score (nSPS) is 19.5. The molecule has 0 bridgehead atoms. The molecular formula is C21H24N2O2. The minimum atomic E-state index is -0.101. The van der Waals surface area contributed by atoms with E-state index in [1.54, 1.807) is 0 Å². The largest absolute Gasteiger partial charge is 0.493 e. The summed E-state index contributed by atoms with van der Waals surface area (Å²) in [6, 6.07) is 14.5. The first kappa shape index (κ1) is 16.2. The van der Waals surface area contributed by atoms with Crippen LogP contribution in [-0.4, -0.2) is 30.5 Å². The lowest BCUT2D eigenvalue weighted by Crippen LogP contribution is -2.48. The minimum absolute atomic E-state index is 0.101. The molecule has 0 saturated carbocycles. The lowest BCUT2D eigenvalue weighted by atomic mass is 9.94. The van der Waals surface area contributed by atoms with Gasteiger partial charge in [-0.05, 0) is 54.6 Å². The van der Waals surface area contributed by atoms with Gasteiger partial charge in [-0.15, -0.1) is 0 Å². The van der Waals surface area contributed by atoms with Crippen molar-refractivity contribution >= 4 is 5.91 Å². The molecule has 0 radical (unpaired) electrons. The van der Waals surface area contributed by atoms with Crippen molar-refractivity contribution in [2.24, 2.45) is 0 Å². The summed E-state index contributed by atoms with van der Waals surface area (Å²) < 4.78 is 5.65. The van der Waals surface area contributed by atoms with Crippen LogP contribution in [0.5, 0.6) is 5.75 Å². The summed E-state index contributed by atoms with van der Waals surface area (Å²) >= 11 is 0. The van der Waals surface area contributed by atoms with Crippen LogP contribution < -0.4 is 10.1 Å². The monoisotopic (exact) mass is 336 g/mol. The molecule has 2 aliphatic rings. The third-order valence-corrected chi connectivity index (χ3v) is 5.23. The second kappa shape index (κ2) is 6.89. The Morgan fingerprint density at radius 2 is 2.04 bits per heavy atom. The Kier molecular flexibility index (Phi) is 4.45. The molecule has 0 saturated heterocycles. The first-order valence-corrected chi connectivity index (χ1v) is 9.00. The van der Waals surface area contributed by atoms with E-state index in [1.165, 1.54) is 16.7 Å². The van der Waals surface area contributed by atoms with Crippen molar-refractivity contribution in [3.05, 3.63) is 64.7 Å². The van der Waals surface area contributed by atoms with Gasteiger partial charge in [0, 0.05) is 13.1 Å². The van der Waals surface area contributed by atoms with Gasteiger partial charge in [-0.3, -0.25) is 9.69 Å². The molecule has 25 heavy (non-hydrogen) atoms. The number of rotatable bonds is 3. The standard InChI is InChI=1S/C21H24N2O2/c1-23-14-18-6-3-2-5-16(18)12-19(23)21(24)22-13-15-8-9-20-17(11-15)7-4-10-25-20/h2-3,5-6,8-9,11,19H,4,7,10,12-14H2,1H3,(H,22,24). The van der Waals surface area contributed by atoms with Crippen molar-refractivity contribution in [3.63, 3.8) is 0 Å². The summed E-state index contributed by atoms with van der Waals surface area (Å²) in [6.07, 6.45) is 2.89. The summed E-state index contributed by atoms with van der Waals surface area (Å²) in [5.41, 5.74) is 4.99. The Balaban J connectivity index is 1.41. The zero-order valence-electron chi connectivity index (χ0n) is 14.6. The van der Waals surface area contributed by atoms with Crippen LogP contribution in [-0.2, 0) is 30.7 Å². The van der Waals surface area contributed by atoms with E-state index < -0.39 is 0 Å². The summed E-state index contributed by atoms with van der Waals surface area (Å²) in [5, 5.41) is 3.12. The summed E-state index contributed by atoms with van der Waals surface area (Å²) in [7, 11) is 2.02. The second-order valence-corrected chi connectivity index (χ2v) is 7.02. The number of nitrogens with one attached hydrogen (secondary N) is 1. The summed E-state index contributed by atoms with van der Waals surface area (Å²) in [5.74, 6) is 1.09. The van der Waals surface area contributed by atoms with Crippen LogP contribution >= 0.6 is 0 Å². The van der Waals surface area contributed by atoms with Gasteiger partial charge in [-0.25, -0.2) is 0 Å². The maximum absolute atomic E-state index is 12.7. The van der Waals surface area contributed by atoms with Crippen molar-refractivity contribution in [3.8, 4) is 5.75 Å². The van der Waals surface area contributed by atoms with Crippen molar-refractivity contribution in [2.75, 3.05) is 13.7 Å². The molecular weight excluding hydrogens is 312 g/mol. The topological polar surface area (TPSA) is 41.6 Å². The Hall–Kier alpha value is -2.33. The Bertz CT molecular complexity index is 787. The fourth-order valence-corrected chi connectivity index (χ4v) is 3.78. The van der Waals surface area contributed by atoms with Crippen molar-refractivity contribution in [1.29, 1.82) is 0 Å². The molecule has 1 unspecified atom stereocenters. The maximum atomic E-state index is 12.7. The van der Waals surface area contributed by atoms with Crippen LogP contribution in [0, 0.1) is 0 Å². The Labute approximate surface area is 148 Å². The molecule has 2 aromatic carbocycles. The van der Waals surface area contributed by atoms with Gasteiger partial charge in [-0.1, -0.05) is 36.4 Å². The molecule has 1 atom stereocenters. The highest BCUT2D eigenvalue weighted by Gasteiger charge is 2.28. The van der Waals surface area contributed by atoms with E-state index >= 15 is 0 Å². The lowest BCUT2D eigenvalue weighted by molar-refractivity contribution is -0.126. The van der Waals surface area contributed by atoms with Gasteiger partial charge in [0.05, 0.1) is 12.6 Å². The van der Waals surface area contributed by atoms with Gasteiger partial charge >= 0.3 is 0 Å². The Morgan fingerprint density at radius 3 is 2.92 bits per heavy atom. The number of likely N-dealkylation sites (N-methyl/N-ethyl adjacent to an activating group) is 1. The van der Waals surface area contributed by atoms with Crippen LogP contribution in [0.2, 0.25) is 0 Å². The van der Waals surface area contributed by atoms with Crippen LogP contribution in [0.25, 0.3) is 0 Å². The zero-order valence-corrected chi connectivity index (χ0v) is 14.6. The highest BCUT2D eigenvalue weighted by atomic mass is 16.5. The molecule has 2 aromatic rings. The van der Waals surface area contributed by atoms with E-state index in [2.05, 4.69) is 34.5 Å². The number of amides is 1. The molecule has 0 aromatic heterocycles. The quantitative estimate of drug-likeness (QED) is 0.937. The van der Waals surface area contributed by atoms with Gasteiger partial charge in [0.15, 0.2) is 0 Å². The number of ether oxygens (including phenoxy) is 1. The van der Waals surface area contributed by atoms with Crippen molar-refractivity contribution < 1.29 is 9.53 Å². The van der Waals surface area contributed by atoms with Gasteiger partial charge in [0.25, 0.3) is 0 Å². The molecule has 4 heteroatoms. The average molecular weight is 336 g/mol. The SMILES string of the molecule is CN1Cc2ccccc2CC1C(=O)NCc1ccc2c(c1)CCCO2. The van der Waals surface area contributed by atoms with Crippen LogP contribution in [0.15, 0.2) is 42.5 Å². The first-order chi connectivity index (χ1) is 12.2. The zero-order chi connectivity index (χ0) is 17.2. The number of carbonyl (C=O) groups excluding carboxylic acids is 1. The van der Waals surface area contributed by atoms with Crippen LogP contribution in [0.3, 0.4) is 0 Å². The smallest absolute Gasteiger partial charge is 0.237 e. The molecule has 4 nitrogen and oxygen atoms in total. The van der Waals surface area contributed by atoms with E-state index in [1.807, 2.05) is 25.2 Å². The van der Waals surface area contributed by atoms with E-state index in [4.69, 9.17) is 4.74 Å². The van der Waals surface area contributed by atoms with E-state index in [9.17, 15) is 4.79 Å². The van der Waals surface area contributed by atoms with Crippen LogP contribution in [0.4, 0.5) is 0 Å². The van der Waals surface area contributed by atoms with Gasteiger partial charge in [-0.2, -0.15) is 0 Å². The third kappa shape index (κ3) is 3.40. The number of carbonyl (C=O) groups is 1. The number of hydrogen-bond donors (Lipinski definition) is 1. The van der Waals surface area contributed by atoms with Crippen molar-refractivity contribution in [2.45, 2.75) is 38.4 Å². The molecule has 1 N–H and O–H groups in total. The molecule has 130 valence electrons. The van der Waals surface area contributed by atoms with E-state index in [-0.39, 0.29) is 11.9 Å². The van der Waals surface area contributed by atoms with E-state index in [0.29, 0.717) is 6.54 Å². The summed E-state index contributed by atoms with van der Waals surface area (Å²) in [4.78, 5) is 14.8. The predicted octanol–water partition coefficient (Wildman–Crippen LogP) is 2.68. The number of benzene rings is 2. The first-order valence-electron chi connectivity index (χ1n) is 9.00. The maximum Gasteiger partial charge on any atom is 0.237 e.